The van der Waals surface area contributed by atoms with Gasteiger partial charge in [0.25, 0.3) is 0 Å². The van der Waals surface area contributed by atoms with Gasteiger partial charge in [-0.05, 0) is 44.5 Å². The Bertz CT molecular complexity index is 546. The molecule has 0 atom stereocenters. The Hall–Kier alpha value is -0.970. The molecule has 0 aromatic heterocycles. The van der Waals surface area contributed by atoms with Crippen LogP contribution < -0.4 is 10.1 Å². The van der Waals surface area contributed by atoms with E-state index in [0.717, 1.165) is 45.4 Å². The molecule has 0 spiro atoms. The normalized spacial score (nSPS) is 16.0. The summed E-state index contributed by atoms with van der Waals surface area (Å²) in [6.45, 7) is 6.23. The predicted molar refractivity (Wildman–Crippen MR) is 104 cm³/mol. The van der Waals surface area contributed by atoms with Crippen LogP contribution in [0, 0.1) is 5.92 Å². The third kappa shape index (κ3) is 7.04. The molecule has 0 bridgehead atoms. The number of unbranched alkanes of at least 4 members (excludes halogenated alkanes) is 2. The van der Waals surface area contributed by atoms with Crippen LogP contribution in [0.15, 0.2) is 18.2 Å². The van der Waals surface area contributed by atoms with Crippen LogP contribution in [-0.2, 0) is 4.79 Å². The molecular weight excluding hydrogens is 359 g/mol. The third-order valence-electron chi connectivity index (χ3n) is 4.60. The van der Waals surface area contributed by atoms with Crippen molar-refractivity contribution in [1.82, 2.24) is 10.2 Å². The molecule has 1 aromatic carbocycles. The SMILES string of the molecule is CCCCCNC(=O)C1CCN(CCOc2cc(Cl)ccc2Cl)CC1. The van der Waals surface area contributed by atoms with Crippen molar-refractivity contribution in [3.05, 3.63) is 28.2 Å². The molecular formula is C19H28Cl2N2O2. The number of hydrogen-bond donors (Lipinski definition) is 1. The van der Waals surface area contributed by atoms with Crippen molar-refractivity contribution in [1.29, 1.82) is 0 Å². The highest BCUT2D eigenvalue weighted by atomic mass is 35.5. The van der Waals surface area contributed by atoms with Crippen LogP contribution in [0.1, 0.15) is 39.0 Å². The minimum absolute atomic E-state index is 0.154. The lowest BCUT2D eigenvalue weighted by molar-refractivity contribution is -0.126. The van der Waals surface area contributed by atoms with Crippen molar-refractivity contribution in [3.63, 3.8) is 0 Å². The van der Waals surface area contributed by atoms with Gasteiger partial charge in [-0.3, -0.25) is 9.69 Å². The monoisotopic (exact) mass is 386 g/mol. The second-order valence-corrected chi connectivity index (χ2v) is 7.38. The Kier molecular flexibility index (Phi) is 8.87. The smallest absolute Gasteiger partial charge is 0.223 e. The maximum absolute atomic E-state index is 12.2. The highest BCUT2D eigenvalue weighted by Gasteiger charge is 2.24. The average molecular weight is 387 g/mol. The van der Waals surface area contributed by atoms with E-state index in [4.69, 9.17) is 27.9 Å². The van der Waals surface area contributed by atoms with E-state index >= 15 is 0 Å². The van der Waals surface area contributed by atoms with Gasteiger partial charge in [0.2, 0.25) is 5.91 Å². The third-order valence-corrected chi connectivity index (χ3v) is 5.14. The van der Waals surface area contributed by atoms with Crippen molar-refractivity contribution in [2.45, 2.75) is 39.0 Å². The van der Waals surface area contributed by atoms with Gasteiger partial charge in [0.15, 0.2) is 0 Å². The molecule has 1 fully saturated rings. The number of rotatable bonds is 9. The molecule has 0 radical (unpaired) electrons. The van der Waals surface area contributed by atoms with E-state index in [0.29, 0.717) is 22.4 Å². The number of benzene rings is 1. The minimum Gasteiger partial charge on any atom is -0.491 e. The lowest BCUT2D eigenvalue weighted by atomic mass is 9.96. The lowest BCUT2D eigenvalue weighted by Gasteiger charge is -2.31. The number of halogens is 2. The Morgan fingerprint density at radius 2 is 2.04 bits per heavy atom. The summed E-state index contributed by atoms with van der Waals surface area (Å²) in [5.41, 5.74) is 0. The van der Waals surface area contributed by atoms with Gasteiger partial charge >= 0.3 is 0 Å². The predicted octanol–water partition coefficient (Wildman–Crippen LogP) is 4.39. The van der Waals surface area contributed by atoms with E-state index in [1.807, 2.05) is 0 Å². The van der Waals surface area contributed by atoms with Gasteiger partial charge in [-0.2, -0.15) is 0 Å². The van der Waals surface area contributed by atoms with Crippen LogP contribution in [0.2, 0.25) is 10.0 Å². The van der Waals surface area contributed by atoms with Crippen molar-refractivity contribution in [3.8, 4) is 5.75 Å². The summed E-state index contributed by atoms with van der Waals surface area (Å²) in [7, 11) is 0. The van der Waals surface area contributed by atoms with Crippen LogP contribution in [-0.4, -0.2) is 43.6 Å². The zero-order valence-electron chi connectivity index (χ0n) is 14.9. The molecule has 0 aliphatic carbocycles. The fourth-order valence-corrected chi connectivity index (χ4v) is 3.36. The standard InChI is InChI=1S/C19H28Cl2N2O2/c1-2-3-4-9-22-19(24)15-7-10-23(11-8-15)12-13-25-18-14-16(20)5-6-17(18)21/h5-6,14-15H,2-4,7-13H2,1H3,(H,22,24). The van der Waals surface area contributed by atoms with Crippen LogP contribution in [0.4, 0.5) is 0 Å². The second kappa shape index (κ2) is 10.9. The van der Waals surface area contributed by atoms with E-state index in [-0.39, 0.29) is 11.8 Å². The Morgan fingerprint density at radius 1 is 1.28 bits per heavy atom. The number of ether oxygens (including phenoxy) is 1. The minimum atomic E-state index is 0.154. The molecule has 1 saturated heterocycles. The van der Waals surface area contributed by atoms with E-state index in [1.54, 1.807) is 18.2 Å². The highest BCUT2D eigenvalue weighted by Crippen LogP contribution is 2.27. The Labute approximate surface area is 160 Å². The fourth-order valence-electron chi connectivity index (χ4n) is 3.02. The van der Waals surface area contributed by atoms with Gasteiger partial charge in [0.05, 0.1) is 5.02 Å². The van der Waals surface area contributed by atoms with Crippen LogP contribution in [0.3, 0.4) is 0 Å². The summed E-state index contributed by atoms with van der Waals surface area (Å²) in [4.78, 5) is 14.5. The number of likely N-dealkylation sites (tertiary alicyclic amines) is 1. The Balaban J connectivity index is 1.63. The summed E-state index contributed by atoms with van der Waals surface area (Å²) in [5, 5.41) is 4.26. The second-order valence-electron chi connectivity index (χ2n) is 6.54. The number of amides is 1. The van der Waals surface area contributed by atoms with E-state index < -0.39 is 0 Å². The van der Waals surface area contributed by atoms with Gasteiger partial charge < -0.3 is 10.1 Å². The van der Waals surface area contributed by atoms with E-state index in [9.17, 15) is 4.79 Å². The van der Waals surface area contributed by atoms with Crippen LogP contribution >= 0.6 is 23.2 Å². The quantitative estimate of drug-likeness (QED) is 0.639. The number of hydrogen-bond acceptors (Lipinski definition) is 3. The lowest BCUT2D eigenvalue weighted by Crippen LogP contribution is -2.42. The number of carbonyl (C=O) groups is 1. The first-order valence-electron chi connectivity index (χ1n) is 9.18. The largest absolute Gasteiger partial charge is 0.491 e. The molecule has 1 heterocycles. The molecule has 1 amide bonds. The molecule has 2 rings (SSSR count). The molecule has 6 heteroatoms. The number of carbonyl (C=O) groups excluding carboxylic acids is 1. The van der Waals surface area contributed by atoms with Crippen molar-refractivity contribution in [2.75, 3.05) is 32.8 Å². The van der Waals surface area contributed by atoms with E-state index in [1.165, 1.54) is 12.8 Å². The summed E-state index contributed by atoms with van der Waals surface area (Å²) in [6, 6.07) is 5.22. The van der Waals surface area contributed by atoms with Gasteiger partial charge in [-0.1, -0.05) is 43.0 Å². The van der Waals surface area contributed by atoms with Crippen molar-refractivity contribution in [2.24, 2.45) is 5.92 Å². The average Bonchev–Trinajstić information content (AvgIpc) is 2.62. The van der Waals surface area contributed by atoms with E-state index in [2.05, 4.69) is 17.1 Å². The first-order chi connectivity index (χ1) is 12.1. The zero-order valence-corrected chi connectivity index (χ0v) is 16.4. The molecule has 0 saturated carbocycles. The van der Waals surface area contributed by atoms with Crippen LogP contribution in [0.5, 0.6) is 5.75 Å². The maximum atomic E-state index is 12.2. The summed E-state index contributed by atoms with van der Waals surface area (Å²) < 4.78 is 5.73. The summed E-state index contributed by atoms with van der Waals surface area (Å²) in [5.74, 6) is 0.995. The summed E-state index contributed by atoms with van der Waals surface area (Å²) >= 11 is 12.0. The molecule has 1 aliphatic rings. The topological polar surface area (TPSA) is 41.6 Å². The maximum Gasteiger partial charge on any atom is 0.223 e. The van der Waals surface area contributed by atoms with Crippen molar-refractivity contribution < 1.29 is 9.53 Å². The van der Waals surface area contributed by atoms with Crippen LogP contribution in [0.25, 0.3) is 0 Å². The number of nitrogens with zero attached hydrogens (tertiary/aromatic N) is 1. The first-order valence-corrected chi connectivity index (χ1v) is 9.93. The molecule has 4 nitrogen and oxygen atoms in total. The Morgan fingerprint density at radius 3 is 2.76 bits per heavy atom. The molecule has 0 unspecified atom stereocenters. The molecule has 25 heavy (non-hydrogen) atoms. The molecule has 1 aromatic rings. The van der Waals surface area contributed by atoms with Gasteiger partial charge in [0, 0.05) is 30.1 Å². The van der Waals surface area contributed by atoms with Gasteiger partial charge in [-0.25, -0.2) is 0 Å². The first kappa shape index (κ1) is 20.3. The molecule has 1 aliphatic heterocycles. The number of nitrogens with one attached hydrogen (secondary N) is 1. The zero-order chi connectivity index (χ0) is 18.1. The van der Waals surface area contributed by atoms with Gasteiger partial charge in [0.1, 0.15) is 12.4 Å². The van der Waals surface area contributed by atoms with Crippen molar-refractivity contribution >= 4 is 29.1 Å². The molecule has 140 valence electrons. The van der Waals surface area contributed by atoms with Gasteiger partial charge in [-0.15, -0.1) is 0 Å². The summed E-state index contributed by atoms with van der Waals surface area (Å²) in [6.07, 6.45) is 5.26. The number of piperidine rings is 1. The fraction of sp³-hybridized carbons (Fsp3) is 0.632. The molecule has 1 N–H and O–H groups in total. The highest BCUT2D eigenvalue weighted by molar-refractivity contribution is 6.34.